The zero-order valence-electron chi connectivity index (χ0n) is 12.6. The van der Waals surface area contributed by atoms with Crippen molar-refractivity contribution in [3.8, 4) is 0 Å². The molecule has 0 fully saturated rings. The largest absolute Gasteiger partial charge is 0.379 e. The van der Waals surface area contributed by atoms with Crippen LogP contribution in [0.5, 0.6) is 0 Å². The summed E-state index contributed by atoms with van der Waals surface area (Å²) in [6.07, 6.45) is 2.13. The zero-order valence-corrected chi connectivity index (χ0v) is 13.4. The Bertz CT molecular complexity index is 485. The maximum atomic E-state index is 12.1. The van der Waals surface area contributed by atoms with Gasteiger partial charge in [-0.1, -0.05) is 25.5 Å². The monoisotopic (exact) mass is 315 g/mol. The van der Waals surface area contributed by atoms with Crippen LogP contribution in [-0.2, 0) is 25.9 Å². The van der Waals surface area contributed by atoms with E-state index in [1.54, 1.807) is 24.3 Å². The molecular weight excluding hydrogens is 290 g/mol. The molecule has 120 valence electrons. The molecule has 6 heteroatoms. The first-order valence-electron chi connectivity index (χ1n) is 7.27. The summed E-state index contributed by atoms with van der Waals surface area (Å²) in [6.45, 7) is 4.34. The lowest BCUT2D eigenvalue weighted by Crippen LogP contribution is -2.15. The fourth-order valence-electron chi connectivity index (χ4n) is 1.69. The predicted octanol–water partition coefficient (Wildman–Crippen LogP) is 1.75. The lowest BCUT2D eigenvalue weighted by atomic mass is 10.2. The summed E-state index contributed by atoms with van der Waals surface area (Å²) in [4.78, 5) is 0.308. The maximum absolute atomic E-state index is 12.1. The minimum Gasteiger partial charge on any atom is -0.379 e. The second-order valence-corrected chi connectivity index (χ2v) is 6.85. The van der Waals surface area contributed by atoms with Crippen LogP contribution in [0.3, 0.4) is 0 Å². The summed E-state index contributed by atoms with van der Waals surface area (Å²) in [5.41, 5.74) is 6.40. The molecule has 5 nitrogen and oxygen atoms in total. The molecule has 0 unspecified atom stereocenters. The molecule has 0 bridgehead atoms. The summed E-state index contributed by atoms with van der Waals surface area (Å²) < 4.78 is 34.7. The highest BCUT2D eigenvalue weighted by Crippen LogP contribution is 2.12. The van der Waals surface area contributed by atoms with Crippen molar-refractivity contribution in [3.63, 3.8) is 0 Å². The molecule has 0 aliphatic carbocycles. The molecular formula is C15H25NO4S. The van der Waals surface area contributed by atoms with E-state index in [0.717, 1.165) is 25.0 Å². The molecule has 0 radical (unpaired) electrons. The van der Waals surface area contributed by atoms with Gasteiger partial charge in [0, 0.05) is 13.2 Å². The molecule has 0 heterocycles. The van der Waals surface area contributed by atoms with Gasteiger partial charge in [-0.2, -0.15) is 0 Å². The van der Waals surface area contributed by atoms with Crippen molar-refractivity contribution in [2.75, 3.05) is 32.2 Å². The molecule has 1 rings (SSSR count). The summed E-state index contributed by atoms with van der Waals surface area (Å²) in [5.74, 6) is -0.0239. The van der Waals surface area contributed by atoms with Gasteiger partial charge in [-0.15, -0.1) is 0 Å². The summed E-state index contributed by atoms with van der Waals surface area (Å²) >= 11 is 0. The van der Waals surface area contributed by atoms with Crippen LogP contribution in [0.4, 0.5) is 0 Å². The van der Waals surface area contributed by atoms with Crippen molar-refractivity contribution in [1.82, 2.24) is 0 Å². The summed E-state index contributed by atoms with van der Waals surface area (Å²) in [5, 5.41) is 0. The second kappa shape index (κ2) is 9.89. The first-order valence-corrected chi connectivity index (χ1v) is 8.92. The van der Waals surface area contributed by atoms with Crippen LogP contribution in [0.15, 0.2) is 29.2 Å². The Morgan fingerprint density at radius 3 is 2.19 bits per heavy atom. The third-order valence-corrected chi connectivity index (χ3v) is 4.72. The Hall–Kier alpha value is -0.950. The van der Waals surface area contributed by atoms with Crippen molar-refractivity contribution >= 4 is 9.84 Å². The van der Waals surface area contributed by atoms with Crippen LogP contribution in [0, 0.1) is 0 Å². The van der Waals surface area contributed by atoms with Gasteiger partial charge in [0.15, 0.2) is 9.84 Å². The summed E-state index contributed by atoms with van der Waals surface area (Å²) in [6, 6.07) is 6.64. The Morgan fingerprint density at radius 2 is 1.62 bits per heavy atom. The van der Waals surface area contributed by atoms with Crippen molar-refractivity contribution in [2.45, 2.75) is 31.2 Å². The fourth-order valence-corrected chi connectivity index (χ4v) is 2.81. The van der Waals surface area contributed by atoms with Gasteiger partial charge in [0.25, 0.3) is 0 Å². The second-order valence-electron chi connectivity index (χ2n) is 4.75. The standard InChI is InChI=1S/C15H25NO4S/c1-2-3-8-19-9-10-20-11-12-21(17,18)15-6-4-14(13-16)5-7-15/h4-7H,2-3,8-13,16H2,1H3. The average Bonchev–Trinajstić information content (AvgIpc) is 2.50. The van der Waals surface area contributed by atoms with E-state index in [-0.39, 0.29) is 12.4 Å². The first kappa shape index (κ1) is 18.1. The van der Waals surface area contributed by atoms with Gasteiger partial charge in [0.1, 0.15) is 0 Å². The highest BCUT2D eigenvalue weighted by molar-refractivity contribution is 7.91. The van der Waals surface area contributed by atoms with Crippen LogP contribution in [0.25, 0.3) is 0 Å². The maximum Gasteiger partial charge on any atom is 0.180 e. The van der Waals surface area contributed by atoms with Gasteiger partial charge in [0.2, 0.25) is 0 Å². The fraction of sp³-hybridized carbons (Fsp3) is 0.600. The topological polar surface area (TPSA) is 78.6 Å². The number of sulfone groups is 1. The van der Waals surface area contributed by atoms with E-state index in [2.05, 4.69) is 6.92 Å². The van der Waals surface area contributed by atoms with E-state index in [1.807, 2.05) is 0 Å². The van der Waals surface area contributed by atoms with Crippen LogP contribution in [0.2, 0.25) is 0 Å². The van der Waals surface area contributed by atoms with Crippen molar-refractivity contribution in [1.29, 1.82) is 0 Å². The van der Waals surface area contributed by atoms with Crippen LogP contribution < -0.4 is 5.73 Å². The molecule has 0 atom stereocenters. The average molecular weight is 315 g/mol. The first-order chi connectivity index (χ1) is 10.1. The van der Waals surface area contributed by atoms with Crippen LogP contribution >= 0.6 is 0 Å². The normalized spacial score (nSPS) is 11.7. The van der Waals surface area contributed by atoms with E-state index in [4.69, 9.17) is 15.2 Å². The van der Waals surface area contributed by atoms with Gasteiger partial charge < -0.3 is 15.2 Å². The molecule has 0 spiro atoms. The highest BCUT2D eigenvalue weighted by Gasteiger charge is 2.13. The number of ether oxygens (including phenoxy) is 2. The lowest BCUT2D eigenvalue weighted by Gasteiger charge is -2.07. The number of benzene rings is 1. The molecule has 1 aromatic carbocycles. The Kier molecular flexibility index (Phi) is 8.52. The number of hydrogen-bond donors (Lipinski definition) is 1. The number of nitrogens with two attached hydrogens (primary N) is 1. The van der Waals surface area contributed by atoms with Crippen LogP contribution in [0.1, 0.15) is 25.3 Å². The van der Waals surface area contributed by atoms with Gasteiger partial charge in [-0.25, -0.2) is 8.42 Å². The van der Waals surface area contributed by atoms with Crippen LogP contribution in [-0.4, -0.2) is 40.6 Å². The third kappa shape index (κ3) is 7.04. The van der Waals surface area contributed by atoms with E-state index >= 15 is 0 Å². The lowest BCUT2D eigenvalue weighted by molar-refractivity contribution is 0.0523. The van der Waals surface area contributed by atoms with Gasteiger partial charge in [0.05, 0.1) is 30.5 Å². The molecule has 21 heavy (non-hydrogen) atoms. The van der Waals surface area contributed by atoms with Crippen molar-refractivity contribution in [2.24, 2.45) is 5.73 Å². The quantitative estimate of drug-likeness (QED) is 0.629. The molecule has 0 aliphatic rings. The smallest absolute Gasteiger partial charge is 0.180 e. The van der Waals surface area contributed by atoms with E-state index in [9.17, 15) is 8.42 Å². The number of hydrogen-bond acceptors (Lipinski definition) is 5. The minimum atomic E-state index is -3.29. The molecule has 0 aliphatic heterocycles. The Morgan fingerprint density at radius 1 is 1.00 bits per heavy atom. The van der Waals surface area contributed by atoms with E-state index in [0.29, 0.717) is 24.7 Å². The molecule has 0 aromatic heterocycles. The van der Waals surface area contributed by atoms with Gasteiger partial charge in [-0.05, 0) is 24.1 Å². The Balaban J connectivity index is 2.26. The molecule has 2 N–H and O–H groups in total. The zero-order chi connectivity index (χ0) is 15.6. The minimum absolute atomic E-state index is 0.0239. The van der Waals surface area contributed by atoms with E-state index in [1.165, 1.54) is 0 Å². The van der Waals surface area contributed by atoms with Gasteiger partial charge >= 0.3 is 0 Å². The molecule has 1 aromatic rings. The predicted molar refractivity (Wildman–Crippen MR) is 82.9 cm³/mol. The SMILES string of the molecule is CCCCOCCOCCS(=O)(=O)c1ccc(CN)cc1. The highest BCUT2D eigenvalue weighted by atomic mass is 32.2. The summed E-state index contributed by atoms with van der Waals surface area (Å²) in [7, 11) is -3.29. The van der Waals surface area contributed by atoms with Crippen molar-refractivity contribution in [3.05, 3.63) is 29.8 Å². The van der Waals surface area contributed by atoms with E-state index < -0.39 is 9.84 Å². The molecule has 0 amide bonds. The van der Waals surface area contributed by atoms with Crippen molar-refractivity contribution < 1.29 is 17.9 Å². The molecule has 0 saturated heterocycles. The molecule has 0 saturated carbocycles. The Labute approximate surface area is 127 Å². The third-order valence-electron chi connectivity index (χ3n) is 3.03. The number of unbranched alkanes of at least 4 members (excludes halogenated alkanes) is 1. The number of rotatable bonds is 11. The van der Waals surface area contributed by atoms with Gasteiger partial charge in [-0.3, -0.25) is 0 Å².